The van der Waals surface area contributed by atoms with E-state index in [1.54, 1.807) is 32.1 Å². The third-order valence-electron chi connectivity index (χ3n) is 3.31. The summed E-state index contributed by atoms with van der Waals surface area (Å²) in [4.78, 5) is 0. The molecule has 0 atom stereocenters. The molecule has 0 saturated carbocycles. The van der Waals surface area contributed by atoms with Gasteiger partial charge < -0.3 is 0 Å². The highest BCUT2D eigenvalue weighted by Crippen LogP contribution is 2.35. The fraction of sp³-hybridized carbons (Fsp3) is 0.125. The first-order valence-corrected chi connectivity index (χ1v) is 6.63. The van der Waals surface area contributed by atoms with Crippen molar-refractivity contribution >= 4 is 22.0 Å². The Morgan fingerprint density at radius 3 is 2.11 bits per heavy atom. The van der Waals surface area contributed by atoms with Gasteiger partial charge in [0.05, 0.1) is 4.47 Å². The maximum absolute atomic E-state index is 14.1. The molecule has 0 heterocycles. The maximum atomic E-state index is 14.1. The van der Waals surface area contributed by atoms with Gasteiger partial charge in [0.2, 0.25) is 0 Å². The van der Waals surface area contributed by atoms with Crippen LogP contribution in [0.2, 0.25) is 0 Å². The molecular formula is C16H13BrF2. The minimum Gasteiger partial charge on any atom is -0.203 e. The molecule has 0 nitrogen and oxygen atoms in total. The average Bonchev–Trinajstić information content (AvgIpc) is 2.44. The second-order valence-electron chi connectivity index (χ2n) is 4.39. The summed E-state index contributed by atoms with van der Waals surface area (Å²) in [6, 6.07) is 7.21. The molecule has 0 aliphatic rings. The molecule has 0 bridgehead atoms. The molecule has 0 radical (unpaired) electrons. The molecule has 0 aromatic heterocycles. The van der Waals surface area contributed by atoms with Crippen molar-refractivity contribution in [2.24, 2.45) is 0 Å². The van der Waals surface area contributed by atoms with Crippen LogP contribution in [0, 0.1) is 25.5 Å². The number of halogens is 3. The Balaban J connectivity index is 2.71. The van der Waals surface area contributed by atoms with E-state index < -0.39 is 11.6 Å². The van der Waals surface area contributed by atoms with Crippen LogP contribution in [0.3, 0.4) is 0 Å². The molecule has 0 saturated heterocycles. The van der Waals surface area contributed by atoms with E-state index in [1.807, 2.05) is 12.1 Å². The Kier molecular flexibility index (Phi) is 3.85. The summed E-state index contributed by atoms with van der Waals surface area (Å²) in [6.07, 6.45) is 1.71. The fourth-order valence-corrected chi connectivity index (χ4v) is 2.49. The topological polar surface area (TPSA) is 0 Å². The Labute approximate surface area is 119 Å². The van der Waals surface area contributed by atoms with Gasteiger partial charge in [0.25, 0.3) is 0 Å². The zero-order valence-electron chi connectivity index (χ0n) is 10.7. The van der Waals surface area contributed by atoms with Gasteiger partial charge in [-0.05, 0) is 52.0 Å². The molecule has 3 heteroatoms. The summed E-state index contributed by atoms with van der Waals surface area (Å²) in [6.45, 7) is 7.23. The third kappa shape index (κ3) is 2.35. The molecule has 2 aromatic carbocycles. The SMILES string of the molecule is C=Cc1ccc(-c2c(C)c(C)c(Br)c(F)c2F)cc1. The van der Waals surface area contributed by atoms with Crippen molar-refractivity contribution in [3.05, 3.63) is 63.6 Å². The van der Waals surface area contributed by atoms with Crippen molar-refractivity contribution in [2.45, 2.75) is 13.8 Å². The van der Waals surface area contributed by atoms with Crippen molar-refractivity contribution in [1.29, 1.82) is 0 Å². The Bertz CT molecular complexity index is 614. The lowest BCUT2D eigenvalue weighted by molar-refractivity contribution is 0.505. The minimum atomic E-state index is -0.842. The Hall–Kier alpha value is -1.48. The second kappa shape index (κ2) is 5.25. The minimum absolute atomic E-state index is 0.189. The molecular weight excluding hydrogens is 310 g/mol. The van der Waals surface area contributed by atoms with Gasteiger partial charge in [-0.3, -0.25) is 0 Å². The average molecular weight is 323 g/mol. The number of rotatable bonds is 2. The number of hydrogen-bond acceptors (Lipinski definition) is 0. The van der Waals surface area contributed by atoms with Crippen LogP contribution >= 0.6 is 15.9 Å². The van der Waals surface area contributed by atoms with Crippen LogP contribution in [0.15, 0.2) is 35.3 Å². The first-order valence-electron chi connectivity index (χ1n) is 5.84. The fourth-order valence-electron chi connectivity index (χ4n) is 2.02. The van der Waals surface area contributed by atoms with Gasteiger partial charge in [0, 0.05) is 5.56 Å². The summed E-state index contributed by atoms with van der Waals surface area (Å²) in [7, 11) is 0. The van der Waals surface area contributed by atoms with Crippen LogP contribution in [-0.2, 0) is 0 Å². The molecule has 0 spiro atoms. The second-order valence-corrected chi connectivity index (χ2v) is 5.19. The molecule has 0 N–H and O–H groups in total. The zero-order chi connectivity index (χ0) is 14.2. The van der Waals surface area contributed by atoms with E-state index in [4.69, 9.17) is 0 Å². The van der Waals surface area contributed by atoms with E-state index in [9.17, 15) is 8.78 Å². The predicted molar refractivity (Wildman–Crippen MR) is 79.1 cm³/mol. The quantitative estimate of drug-likeness (QED) is 0.626. The predicted octanol–water partition coefficient (Wildman–Crippen LogP) is 5.65. The van der Waals surface area contributed by atoms with Gasteiger partial charge in [-0.15, -0.1) is 0 Å². The summed E-state index contributed by atoms with van der Waals surface area (Å²) in [5.41, 5.74) is 3.36. The molecule has 0 aliphatic carbocycles. The van der Waals surface area contributed by atoms with E-state index in [2.05, 4.69) is 22.5 Å². The van der Waals surface area contributed by atoms with Crippen molar-refractivity contribution in [2.75, 3.05) is 0 Å². The smallest absolute Gasteiger partial charge is 0.173 e. The van der Waals surface area contributed by atoms with Crippen LogP contribution < -0.4 is 0 Å². The molecule has 98 valence electrons. The van der Waals surface area contributed by atoms with Crippen LogP contribution in [0.4, 0.5) is 8.78 Å². The van der Waals surface area contributed by atoms with E-state index in [1.165, 1.54) is 0 Å². The van der Waals surface area contributed by atoms with E-state index in [0.717, 1.165) is 11.1 Å². The van der Waals surface area contributed by atoms with Gasteiger partial charge in [-0.1, -0.05) is 36.9 Å². The summed E-state index contributed by atoms with van der Waals surface area (Å²) < 4.78 is 28.2. The summed E-state index contributed by atoms with van der Waals surface area (Å²) >= 11 is 3.08. The highest BCUT2D eigenvalue weighted by atomic mass is 79.9. The van der Waals surface area contributed by atoms with Crippen LogP contribution in [0.1, 0.15) is 16.7 Å². The molecule has 0 unspecified atom stereocenters. The van der Waals surface area contributed by atoms with Crippen molar-refractivity contribution in [1.82, 2.24) is 0 Å². The molecule has 2 rings (SSSR count). The van der Waals surface area contributed by atoms with E-state index in [0.29, 0.717) is 16.7 Å². The van der Waals surface area contributed by atoms with Gasteiger partial charge in [0.1, 0.15) is 0 Å². The van der Waals surface area contributed by atoms with E-state index in [-0.39, 0.29) is 4.47 Å². The number of benzene rings is 2. The molecule has 2 aromatic rings. The van der Waals surface area contributed by atoms with Gasteiger partial charge >= 0.3 is 0 Å². The maximum Gasteiger partial charge on any atom is 0.173 e. The Morgan fingerprint density at radius 1 is 1.00 bits per heavy atom. The largest absolute Gasteiger partial charge is 0.203 e. The van der Waals surface area contributed by atoms with Crippen molar-refractivity contribution < 1.29 is 8.78 Å². The lowest BCUT2D eigenvalue weighted by atomic mass is 9.95. The highest BCUT2D eigenvalue weighted by Gasteiger charge is 2.19. The van der Waals surface area contributed by atoms with Gasteiger partial charge in [-0.25, -0.2) is 8.78 Å². The first kappa shape index (κ1) is 13.9. The zero-order valence-corrected chi connectivity index (χ0v) is 12.3. The Morgan fingerprint density at radius 2 is 1.58 bits per heavy atom. The molecule has 0 fully saturated rings. The molecule has 0 aliphatic heterocycles. The molecule has 19 heavy (non-hydrogen) atoms. The van der Waals surface area contributed by atoms with Crippen LogP contribution in [0.5, 0.6) is 0 Å². The highest BCUT2D eigenvalue weighted by molar-refractivity contribution is 9.10. The van der Waals surface area contributed by atoms with Crippen LogP contribution in [-0.4, -0.2) is 0 Å². The summed E-state index contributed by atoms with van der Waals surface area (Å²) in [5.74, 6) is -1.66. The van der Waals surface area contributed by atoms with Gasteiger partial charge in [0.15, 0.2) is 11.6 Å². The first-order chi connectivity index (χ1) is 8.97. The monoisotopic (exact) mass is 322 g/mol. The lowest BCUT2D eigenvalue weighted by Gasteiger charge is -2.13. The standard InChI is InChI=1S/C16H13BrF2/c1-4-11-5-7-12(8-6-11)13-9(2)10(3)14(17)16(19)15(13)18/h4-8H,1H2,2-3H3. The number of hydrogen-bond donors (Lipinski definition) is 0. The van der Waals surface area contributed by atoms with Crippen LogP contribution in [0.25, 0.3) is 17.2 Å². The third-order valence-corrected chi connectivity index (χ3v) is 4.25. The molecule has 0 amide bonds. The lowest BCUT2D eigenvalue weighted by Crippen LogP contribution is -1.99. The van der Waals surface area contributed by atoms with Crippen molar-refractivity contribution in [3.63, 3.8) is 0 Å². The summed E-state index contributed by atoms with van der Waals surface area (Å²) in [5, 5.41) is 0. The van der Waals surface area contributed by atoms with Gasteiger partial charge in [-0.2, -0.15) is 0 Å². The van der Waals surface area contributed by atoms with Crippen molar-refractivity contribution in [3.8, 4) is 11.1 Å². The normalized spacial score (nSPS) is 10.6. The van der Waals surface area contributed by atoms with E-state index >= 15 is 0 Å².